The van der Waals surface area contributed by atoms with E-state index in [9.17, 15) is 18.8 Å². The number of carbonyl (C=O) groups is 3. The Morgan fingerprint density at radius 1 is 0.975 bits per heavy atom. The van der Waals surface area contributed by atoms with Gasteiger partial charge >= 0.3 is 0 Å². The second-order valence-corrected chi connectivity index (χ2v) is 10.7. The number of hydrogen-bond acceptors (Lipinski definition) is 6. The van der Waals surface area contributed by atoms with E-state index in [1.54, 1.807) is 18.2 Å². The van der Waals surface area contributed by atoms with E-state index < -0.39 is 41.0 Å². The molecule has 4 aliphatic heterocycles. The molecule has 40 heavy (non-hydrogen) atoms. The maximum Gasteiger partial charge on any atom is 0.250 e. The first-order valence-electron chi connectivity index (χ1n) is 13.1. The third-order valence-electron chi connectivity index (χ3n) is 8.66. The van der Waals surface area contributed by atoms with Gasteiger partial charge in [0.15, 0.2) is 11.5 Å². The van der Waals surface area contributed by atoms with Gasteiger partial charge in [0.25, 0.3) is 0 Å². The first-order chi connectivity index (χ1) is 19.4. The maximum atomic E-state index is 14.5. The van der Waals surface area contributed by atoms with Crippen molar-refractivity contribution in [2.75, 3.05) is 12.1 Å². The number of para-hydroxylation sites is 1. The van der Waals surface area contributed by atoms with E-state index in [1.807, 2.05) is 30.5 Å². The van der Waals surface area contributed by atoms with E-state index >= 15 is 0 Å². The minimum atomic E-state index is -1.57. The Balaban J connectivity index is 1.22. The van der Waals surface area contributed by atoms with E-state index in [0.29, 0.717) is 34.7 Å². The molecule has 2 saturated heterocycles. The Kier molecular flexibility index (Phi) is 4.73. The van der Waals surface area contributed by atoms with E-state index in [0.717, 1.165) is 16.5 Å². The number of halogens is 1. The SMILES string of the molecule is O=C1[C@H]2C(Cc3c[nH]c4ccccc34)NC3(C(=O)Nc4ccc(F)cc43)[C@H]2C(=O)N1Cc1ccc2c(c1)OCO2. The number of likely N-dealkylation sites (tertiary alicyclic amines) is 1. The molecule has 0 aliphatic carbocycles. The second-order valence-electron chi connectivity index (χ2n) is 10.7. The average Bonchev–Trinajstić information content (AvgIpc) is 3.75. The summed E-state index contributed by atoms with van der Waals surface area (Å²) in [7, 11) is 0. The van der Waals surface area contributed by atoms with Crippen LogP contribution in [0, 0.1) is 17.7 Å². The van der Waals surface area contributed by atoms with Crippen LogP contribution in [-0.4, -0.2) is 40.4 Å². The van der Waals surface area contributed by atoms with Crippen LogP contribution in [0.2, 0.25) is 0 Å². The summed E-state index contributed by atoms with van der Waals surface area (Å²) in [6.45, 7) is 0.133. The van der Waals surface area contributed by atoms with Gasteiger partial charge in [0, 0.05) is 34.4 Å². The van der Waals surface area contributed by atoms with Gasteiger partial charge in [-0.1, -0.05) is 24.3 Å². The molecule has 9 nitrogen and oxygen atoms in total. The van der Waals surface area contributed by atoms with Crippen molar-refractivity contribution in [1.82, 2.24) is 15.2 Å². The number of nitrogens with one attached hydrogen (secondary N) is 3. The van der Waals surface area contributed by atoms with Crippen LogP contribution < -0.4 is 20.1 Å². The Bertz CT molecular complexity index is 1770. The number of nitrogens with zero attached hydrogens (tertiary/aromatic N) is 1. The fourth-order valence-electron chi connectivity index (χ4n) is 6.92. The number of aromatic nitrogens is 1. The lowest BCUT2D eigenvalue weighted by atomic mass is 9.76. The summed E-state index contributed by atoms with van der Waals surface area (Å²) < 4.78 is 25.4. The number of ether oxygens (including phenoxy) is 2. The summed E-state index contributed by atoms with van der Waals surface area (Å²) in [5.74, 6) is -2.52. The summed E-state index contributed by atoms with van der Waals surface area (Å²) in [6, 6.07) is 16.6. The summed E-state index contributed by atoms with van der Waals surface area (Å²) in [5.41, 5.74) is 1.81. The Morgan fingerprint density at radius 3 is 2.73 bits per heavy atom. The quantitative estimate of drug-likeness (QED) is 0.344. The van der Waals surface area contributed by atoms with Crippen LogP contribution in [0.1, 0.15) is 16.7 Å². The Morgan fingerprint density at radius 2 is 1.82 bits per heavy atom. The number of benzene rings is 3. The van der Waals surface area contributed by atoms with Gasteiger partial charge in [0.2, 0.25) is 24.5 Å². The zero-order valence-corrected chi connectivity index (χ0v) is 21.1. The topological polar surface area (TPSA) is 113 Å². The molecule has 3 amide bonds. The molecule has 1 spiro atoms. The van der Waals surface area contributed by atoms with Crippen molar-refractivity contribution in [3.8, 4) is 11.5 Å². The van der Waals surface area contributed by atoms with Gasteiger partial charge < -0.3 is 19.8 Å². The number of amides is 3. The lowest BCUT2D eigenvalue weighted by molar-refractivity contribution is -0.143. The lowest BCUT2D eigenvalue weighted by Crippen LogP contribution is -2.53. The third kappa shape index (κ3) is 3.07. The minimum absolute atomic E-state index is 0.0226. The van der Waals surface area contributed by atoms with Gasteiger partial charge in [0.05, 0.1) is 18.4 Å². The molecule has 2 unspecified atom stereocenters. The van der Waals surface area contributed by atoms with Crippen LogP contribution in [0.3, 0.4) is 0 Å². The lowest BCUT2D eigenvalue weighted by Gasteiger charge is -2.29. The predicted molar refractivity (Wildman–Crippen MR) is 141 cm³/mol. The fourth-order valence-corrected chi connectivity index (χ4v) is 6.92. The average molecular weight is 539 g/mol. The number of hydrogen-bond donors (Lipinski definition) is 3. The fraction of sp³-hybridized carbons (Fsp3) is 0.233. The van der Waals surface area contributed by atoms with Crippen LogP contribution in [0.4, 0.5) is 10.1 Å². The van der Waals surface area contributed by atoms with Gasteiger partial charge in [0.1, 0.15) is 11.4 Å². The number of aromatic amines is 1. The highest BCUT2D eigenvalue weighted by Gasteiger charge is 2.70. The maximum absolute atomic E-state index is 14.5. The molecule has 8 rings (SSSR count). The number of H-pyrrole nitrogens is 1. The highest BCUT2D eigenvalue weighted by atomic mass is 19.1. The molecule has 3 N–H and O–H groups in total. The normalized spacial score (nSPS) is 26.2. The summed E-state index contributed by atoms with van der Waals surface area (Å²) in [5, 5.41) is 7.21. The molecule has 3 aromatic carbocycles. The van der Waals surface area contributed by atoms with Crippen molar-refractivity contribution in [3.63, 3.8) is 0 Å². The number of anilines is 1. The minimum Gasteiger partial charge on any atom is -0.454 e. The van der Waals surface area contributed by atoms with E-state index in [1.165, 1.54) is 23.1 Å². The molecule has 5 heterocycles. The van der Waals surface area contributed by atoms with Crippen molar-refractivity contribution in [2.45, 2.75) is 24.5 Å². The third-order valence-corrected chi connectivity index (χ3v) is 8.66. The van der Waals surface area contributed by atoms with Crippen molar-refractivity contribution < 1.29 is 28.2 Å². The molecule has 0 bridgehead atoms. The summed E-state index contributed by atoms with van der Waals surface area (Å²) in [4.78, 5) is 46.4. The monoisotopic (exact) mass is 538 g/mol. The first kappa shape index (κ1) is 23.2. The van der Waals surface area contributed by atoms with Crippen LogP contribution in [0.25, 0.3) is 10.9 Å². The Hall–Kier alpha value is -4.70. The number of imide groups is 1. The van der Waals surface area contributed by atoms with Gasteiger partial charge in [-0.3, -0.25) is 24.6 Å². The summed E-state index contributed by atoms with van der Waals surface area (Å²) in [6.07, 6.45) is 2.28. The molecule has 4 aliphatic rings. The smallest absolute Gasteiger partial charge is 0.250 e. The first-order valence-corrected chi connectivity index (χ1v) is 13.1. The van der Waals surface area contributed by atoms with Crippen LogP contribution in [-0.2, 0) is 32.9 Å². The zero-order valence-electron chi connectivity index (χ0n) is 21.1. The molecule has 1 aromatic heterocycles. The predicted octanol–water partition coefficient (Wildman–Crippen LogP) is 3.20. The van der Waals surface area contributed by atoms with E-state index in [-0.39, 0.29) is 19.2 Å². The summed E-state index contributed by atoms with van der Waals surface area (Å²) >= 11 is 0. The number of rotatable bonds is 4. The molecular formula is C30H23FN4O5. The van der Waals surface area contributed by atoms with Gasteiger partial charge in [-0.2, -0.15) is 0 Å². The molecule has 4 aromatic rings. The van der Waals surface area contributed by atoms with Crippen molar-refractivity contribution in [2.24, 2.45) is 11.8 Å². The molecular weight excluding hydrogens is 515 g/mol. The van der Waals surface area contributed by atoms with Crippen molar-refractivity contribution in [1.29, 1.82) is 0 Å². The van der Waals surface area contributed by atoms with Crippen molar-refractivity contribution in [3.05, 3.63) is 89.4 Å². The highest BCUT2D eigenvalue weighted by Crippen LogP contribution is 2.53. The number of fused-ring (bicyclic) bond motifs is 6. The molecule has 200 valence electrons. The number of carbonyl (C=O) groups excluding carboxylic acids is 3. The van der Waals surface area contributed by atoms with Gasteiger partial charge in [-0.25, -0.2) is 4.39 Å². The van der Waals surface area contributed by atoms with Gasteiger partial charge in [-0.15, -0.1) is 0 Å². The van der Waals surface area contributed by atoms with E-state index in [4.69, 9.17) is 9.47 Å². The molecule has 4 atom stereocenters. The zero-order chi connectivity index (χ0) is 27.2. The Labute approximate surface area is 227 Å². The molecule has 0 saturated carbocycles. The van der Waals surface area contributed by atoms with Crippen LogP contribution in [0.5, 0.6) is 11.5 Å². The van der Waals surface area contributed by atoms with Crippen molar-refractivity contribution >= 4 is 34.3 Å². The largest absolute Gasteiger partial charge is 0.454 e. The standard InChI is InChI=1S/C30H23FN4O5/c31-17-6-7-21-19(11-17)30(29(38)33-21)26-25(22(34-30)10-16-12-32-20-4-2-1-3-18(16)20)27(36)35(28(26)37)13-15-5-8-23-24(9-15)40-14-39-23/h1-9,11-12,22,25-26,32,34H,10,13-14H2,(H,33,38)/t22?,25-,26+,30?/m0/s1. The van der Waals surface area contributed by atoms with Crippen LogP contribution >= 0.6 is 0 Å². The van der Waals surface area contributed by atoms with Crippen LogP contribution in [0.15, 0.2) is 66.9 Å². The molecule has 2 fully saturated rings. The second kappa shape index (κ2) is 8.15. The van der Waals surface area contributed by atoms with E-state index in [2.05, 4.69) is 15.6 Å². The molecule has 0 radical (unpaired) electrons. The van der Waals surface area contributed by atoms with Gasteiger partial charge in [-0.05, 0) is 53.9 Å². The molecule has 10 heteroatoms. The highest BCUT2D eigenvalue weighted by molar-refractivity contribution is 6.15.